The molecule has 40 heavy (non-hydrogen) atoms. The first-order valence-electron chi connectivity index (χ1n) is 14.6. The SMILES string of the molecule is C=C1/C=C(\C)[C@H](C)C[C@@H](O)CC(=O)[C@H](O)[C@@H](O)[C@H](C)C[C@H](CO)OC(=O)/C(C)=C/CC/C=C/[C@H]2O[C@H]2C[C@H](C)C1. The summed E-state index contributed by atoms with van der Waals surface area (Å²) in [4.78, 5) is 25.1. The second-order valence-corrected chi connectivity index (χ2v) is 11.9. The van der Waals surface area contributed by atoms with Gasteiger partial charge in [0.25, 0.3) is 0 Å². The molecule has 0 radical (unpaired) electrons. The van der Waals surface area contributed by atoms with Crippen molar-refractivity contribution < 1.29 is 39.5 Å². The molecule has 0 unspecified atom stereocenters. The second-order valence-electron chi connectivity index (χ2n) is 11.9. The van der Waals surface area contributed by atoms with Crippen LogP contribution in [-0.4, -0.2) is 75.4 Å². The fourth-order valence-corrected chi connectivity index (χ4v) is 5.17. The van der Waals surface area contributed by atoms with Crippen LogP contribution in [0.5, 0.6) is 0 Å². The van der Waals surface area contributed by atoms with E-state index < -0.39 is 48.7 Å². The van der Waals surface area contributed by atoms with Gasteiger partial charge in [-0.2, -0.15) is 0 Å². The van der Waals surface area contributed by atoms with Gasteiger partial charge in [-0.15, -0.1) is 0 Å². The van der Waals surface area contributed by atoms with Crippen LogP contribution in [-0.2, 0) is 19.1 Å². The molecule has 0 amide bonds. The predicted octanol–water partition coefficient (Wildman–Crippen LogP) is 3.97. The van der Waals surface area contributed by atoms with Crippen molar-refractivity contribution in [2.24, 2.45) is 17.8 Å². The van der Waals surface area contributed by atoms with Crippen molar-refractivity contribution in [3.05, 3.63) is 47.6 Å². The summed E-state index contributed by atoms with van der Waals surface area (Å²) in [6.45, 7) is 13.1. The van der Waals surface area contributed by atoms with E-state index in [-0.39, 0.29) is 31.0 Å². The lowest BCUT2D eigenvalue weighted by molar-refractivity contribution is -0.149. The molecule has 2 heterocycles. The molecule has 0 aliphatic carbocycles. The Kier molecular flexibility index (Phi) is 14.0. The van der Waals surface area contributed by atoms with Crippen LogP contribution in [0.3, 0.4) is 0 Å². The summed E-state index contributed by atoms with van der Waals surface area (Å²) in [7, 11) is 0. The van der Waals surface area contributed by atoms with Gasteiger partial charge in [-0.3, -0.25) is 4.79 Å². The van der Waals surface area contributed by atoms with Crippen LogP contribution in [0.1, 0.15) is 79.6 Å². The Morgan fingerprint density at radius 3 is 2.38 bits per heavy atom. The monoisotopic (exact) mass is 562 g/mol. The minimum atomic E-state index is -1.70. The van der Waals surface area contributed by atoms with Crippen molar-refractivity contribution in [3.63, 3.8) is 0 Å². The van der Waals surface area contributed by atoms with E-state index >= 15 is 0 Å². The van der Waals surface area contributed by atoms with Gasteiger partial charge in [0.05, 0.1) is 24.9 Å². The highest BCUT2D eigenvalue weighted by molar-refractivity contribution is 5.87. The number of carbonyl (C=O) groups is 2. The zero-order valence-corrected chi connectivity index (χ0v) is 24.8. The van der Waals surface area contributed by atoms with Crippen molar-refractivity contribution in [2.45, 2.75) is 116 Å². The van der Waals surface area contributed by atoms with Gasteiger partial charge in [-0.1, -0.05) is 62.8 Å². The number of aliphatic hydroxyl groups excluding tert-OH is 4. The van der Waals surface area contributed by atoms with Gasteiger partial charge in [-0.05, 0) is 70.1 Å². The predicted molar refractivity (Wildman–Crippen MR) is 154 cm³/mol. The van der Waals surface area contributed by atoms with E-state index in [4.69, 9.17) is 9.47 Å². The number of epoxide rings is 1. The molecule has 2 rings (SSSR count). The molecule has 0 aromatic carbocycles. The maximum atomic E-state index is 12.6. The molecule has 226 valence electrons. The number of ether oxygens (including phenoxy) is 2. The summed E-state index contributed by atoms with van der Waals surface area (Å²) in [5.74, 6) is -1.49. The number of hydrogen-bond acceptors (Lipinski definition) is 8. The lowest BCUT2D eigenvalue weighted by Crippen LogP contribution is -2.41. The van der Waals surface area contributed by atoms with Gasteiger partial charge in [0.15, 0.2) is 5.78 Å². The molecule has 4 N–H and O–H groups in total. The fourth-order valence-electron chi connectivity index (χ4n) is 5.17. The normalized spacial score (nSPS) is 40.1. The van der Waals surface area contributed by atoms with E-state index in [1.165, 1.54) is 0 Å². The minimum absolute atomic E-state index is 0.00630. The molecule has 1 saturated heterocycles. The number of fused-ring (bicyclic) bond motifs is 1. The Labute approximate surface area is 239 Å². The average Bonchev–Trinajstić information content (AvgIpc) is 3.62. The van der Waals surface area contributed by atoms with Crippen LogP contribution < -0.4 is 0 Å². The number of carbonyl (C=O) groups excluding carboxylic acids is 2. The number of allylic oxidation sites excluding steroid dienone is 5. The van der Waals surface area contributed by atoms with E-state index in [2.05, 4.69) is 25.7 Å². The van der Waals surface area contributed by atoms with Crippen LogP contribution in [0.15, 0.2) is 47.6 Å². The van der Waals surface area contributed by atoms with Gasteiger partial charge in [-0.25, -0.2) is 4.79 Å². The molecule has 2 aliphatic rings. The Balaban J connectivity index is 2.13. The molecule has 8 nitrogen and oxygen atoms in total. The summed E-state index contributed by atoms with van der Waals surface area (Å²) in [6.07, 6.45) is 6.52. The van der Waals surface area contributed by atoms with Gasteiger partial charge < -0.3 is 29.9 Å². The summed E-state index contributed by atoms with van der Waals surface area (Å²) >= 11 is 0. The zero-order chi connectivity index (χ0) is 30.0. The molecular formula is C32H50O8. The number of ketones is 1. The zero-order valence-electron chi connectivity index (χ0n) is 24.8. The Morgan fingerprint density at radius 1 is 1.00 bits per heavy atom. The molecule has 9 atom stereocenters. The first kappa shape index (κ1) is 34.1. The largest absolute Gasteiger partial charge is 0.457 e. The van der Waals surface area contributed by atoms with Crippen LogP contribution in [0.4, 0.5) is 0 Å². The number of rotatable bonds is 1. The molecule has 0 bridgehead atoms. The van der Waals surface area contributed by atoms with Crippen molar-refractivity contribution >= 4 is 11.8 Å². The topological polar surface area (TPSA) is 137 Å². The molecule has 8 heteroatoms. The van der Waals surface area contributed by atoms with E-state index in [0.29, 0.717) is 24.3 Å². The molecule has 0 spiro atoms. The third kappa shape index (κ3) is 11.4. The van der Waals surface area contributed by atoms with Crippen LogP contribution >= 0.6 is 0 Å². The highest BCUT2D eigenvalue weighted by atomic mass is 16.6. The van der Waals surface area contributed by atoms with E-state index in [1.807, 2.05) is 19.9 Å². The Bertz CT molecular complexity index is 951. The maximum Gasteiger partial charge on any atom is 0.333 e. The first-order chi connectivity index (χ1) is 18.8. The fraction of sp³-hybridized carbons (Fsp3) is 0.688. The van der Waals surface area contributed by atoms with Gasteiger partial charge in [0.2, 0.25) is 0 Å². The Morgan fingerprint density at radius 2 is 1.70 bits per heavy atom. The molecule has 1 fully saturated rings. The van der Waals surface area contributed by atoms with Gasteiger partial charge >= 0.3 is 5.97 Å². The number of hydrogen-bond donors (Lipinski definition) is 4. The smallest absolute Gasteiger partial charge is 0.333 e. The number of cyclic esters (lactones) is 1. The summed E-state index contributed by atoms with van der Waals surface area (Å²) in [5.41, 5.74) is 2.47. The van der Waals surface area contributed by atoms with Crippen LogP contribution in [0.2, 0.25) is 0 Å². The van der Waals surface area contributed by atoms with Crippen molar-refractivity contribution in [3.8, 4) is 0 Å². The third-order valence-electron chi connectivity index (χ3n) is 7.92. The highest BCUT2D eigenvalue weighted by Crippen LogP contribution is 2.32. The molecule has 0 aromatic heterocycles. The van der Waals surface area contributed by atoms with E-state index in [1.54, 1.807) is 19.9 Å². The summed E-state index contributed by atoms with van der Waals surface area (Å²) < 4.78 is 11.2. The molecule has 2 aliphatic heterocycles. The minimum Gasteiger partial charge on any atom is -0.457 e. The first-order valence-corrected chi connectivity index (χ1v) is 14.6. The van der Waals surface area contributed by atoms with Crippen molar-refractivity contribution in [1.82, 2.24) is 0 Å². The molecule has 0 saturated carbocycles. The van der Waals surface area contributed by atoms with Crippen LogP contribution in [0.25, 0.3) is 0 Å². The molecule has 0 aromatic rings. The highest BCUT2D eigenvalue weighted by Gasteiger charge is 2.37. The second kappa shape index (κ2) is 16.4. The molecular weight excluding hydrogens is 512 g/mol. The lowest BCUT2D eigenvalue weighted by Gasteiger charge is -2.27. The number of esters is 1. The van der Waals surface area contributed by atoms with Gasteiger partial charge in [0, 0.05) is 12.0 Å². The van der Waals surface area contributed by atoms with Gasteiger partial charge in [0.1, 0.15) is 18.3 Å². The van der Waals surface area contributed by atoms with Crippen molar-refractivity contribution in [1.29, 1.82) is 0 Å². The Hall–Kier alpha value is -2.10. The number of aliphatic hydroxyl groups is 4. The summed E-state index contributed by atoms with van der Waals surface area (Å²) in [5, 5.41) is 41.3. The van der Waals surface area contributed by atoms with E-state index in [9.17, 15) is 30.0 Å². The number of Topliss-reactive ketones (excluding diaryl/α,β-unsaturated/α-hetero) is 1. The van der Waals surface area contributed by atoms with Crippen LogP contribution in [0, 0.1) is 17.8 Å². The quantitative estimate of drug-likeness (QED) is 0.214. The van der Waals surface area contributed by atoms with E-state index in [0.717, 1.165) is 30.4 Å². The summed E-state index contributed by atoms with van der Waals surface area (Å²) in [6, 6.07) is 0. The third-order valence-corrected chi connectivity index (χ3v) is 7.92. The van der Waals surface area contributed by atoms with Crippen molar-refractivity contribution in [2.75, 3.05) is 6.61 Å². The average molecular weight is 563 g/mol. The maximum absolute atomic E-state index is 12.6. The lowest BCUT2D eigenvalue weighted by atomic mass is 9.88. The standard InChI is InChI=1S/C32H50O8/c1-19-12-20(2)14-29-28(40-29)11-9-7-8-10-21(3)32(38)39-26(18-33)16-24(6)30(36)31(37)27(35)17-25(34)15-23(5)22(4)13-19/h9-11,13,20,23-26,28-31,33-34,36-37H,1,7-8,12,14-18H2,2-6H3/b11-9+,21-10+,22-13+/t20-,23-,24-,25-,26-,28-,29+,30+,31+/m1/s1.